The van der Waals surface area contributed by atoms with Gasteiger partial charge in [0, 0.05) is 30.8 Å². The van der Waals surface area contributed by atoms with Gasteiger partial charge >= 0.3 is 0 Å². The summed E-state index contributed by atoms with van der Waals surface area (Å²) in [5.74, 6) is 1.46. The van der Waals surface area contributed by atoms with Gasteiger partial charge in [-0.15, -0.1) is 5.10 Å². The van der Waals surface area contributed by atoms with Crippen molar-refractivity contribution in [3.05, 3.63) is 42.1 Å². The van der Waals surface area contributed by atoms with E-state index < -0.39 is 0 Å². The summed E-state index contributed by atoms with van der Waals surface area (Å²) in [5.41, 5.74) is 2.56. The summed E-state index contributed by atoms with van der Waals surface area (Å²) >= 11 is 1.55. The molecule has 1 saturated heterocycles. The molecule has 1 saturated carbocycles. The van der Waals surface area contributed by atoms with E-state index in [9.17, 15) is 0 Å². The molecular formula is C17H17N3OS. The van der Waals surface area contributed by atoms with Crippen LogP contribution in [0, 0.1) is 11.8 Å². The van der Waals surface area contributed by atoms with Crippen molar-refractivity contribution in [1.82, 2.24) is 15.1 Å². The molecule has 4 bridgehead atoms. The summed E-state index contributed by atoms with van der Waals surface area (Å²) in [4.78, 5) is 2.47. The number of nitrogens with zero attached hydrogens (tertiary/aromatic N) is 3. The highest BCUT2D eigenvalue weighted by molar-refractivity contribution is 7.16. The molecule has 3 atom stereocenters. The second-order valence-electron chi connectivity index (χ2n) is 6.50. The van der Waals surface area contributed by atoms with Crippen molar-refractivity contribution in [2.75, 3.05) is 13.1 Å². The Bertz CT molecular complexity index is 727. The van der Waals surface area contributed by atoms with E-state index in [1.54, 1.807) is 11.3 Å². The molecule has 2 unspecified atom stereocenters. The van der Waals surface area contributed by atoms with Gasteiger partial charge in [0.2, 0.25) is 0 Å². The van der Waals surface area contributed by atoms with E-state index in [-0.39, 0.29) is 6.10 Å². The first-order valence-electron chi connectivity index (χ1n) is 7.85. The summed E-state index contributed by atoms with van der Waals surface area (Å²) in [6.45, 7) is 2.37. The summed E-state index contributed by atoms with van der Waals surface area (Å²) in [6, 6.07) is 10.2. The molecule has 4 heterocycles. The van der Waals surface area contributed by atoms with Gasteiger partial charge in [-0.2, -0.15) is 0 Å². The third kappa shape index (κ3) is 2.03. The Labute approximate surface area is 133 Å². The maximum Gasteiger partial charge on any atom is 0.294 e. The minimum atomic E-state index is 0.212. The lowest BCUT2D eigenvalue weighted by atomic mass is 9.71. The molecule has 3 aliphatic heterocycles. The van der Waals surface area contributed by atoms with Gasteiger partial charge in [0.05, 0.1) is 0 Å². The first-order chi connectivity index (χ1) is 10.8. The van der Waals surface area contributed by atoms with Crippen LogP contribution in [-0.4, -0.2) is 34.3 Å². The van der Waals surface area contributed by atoms with Crippen LogP contribution >= 0.6 is 11.3 Å². The van der Waals surface area contributed by atoms with E-state index in [1.807, 2.05) is 18.2 Å². The zero-order valence-electron chi connectivity index (χ0n) is 12.2. The monoisotopic (exact) mass is 311 g/mol. The zero-order valence-corrected chi connectivity index (χ0v) is 13.0. The quantitative estimate of drug-likeness (QED) is 0.872. The number of hydrogen-bond acceptors (Lipinski definition) is 5. The summed E-state index contributed by atoms with van der Waals surface area (Å²) in [5, 5.41) is 10.2. The predicted octanol–water partition coefficient (Wildman–Crippen LogP) is 3.19. The van der Waals surface area contributed by atoms with E-state index in [4.69, 9.17) is 4.74 Å². The Balaban J connectivity index is 1.39. The largest absolute Gasteiger partial charge is 0.461 e. The summed E-state index contributed by atoms with van der Waals surface area (Å²) < 4.78 is 6.24. The van der Waals surface area contributed by atoms with Gasteiger partial charge in [0.1, 0.15) is 6.10 Å². The second-order valence-corrected chi connectivity index (χ2v) is 7.44. The fraction of sp³-hybridized carbons (Fsp3) is 0.412. The Kier molecular flexibility index (Phi) is 2.77. The van der Waals surface area contributed by atoms with Crippen LogP contribution in [-0.2, 0) is 0 Å². The Morgan fingerprint density at radius 2 is 2.05 bits per heavy atom. The van der Waals surface area contributed by atoms with Gasteiger partial charge in [0.15, 0.2) is 5.01 Å². The molecule has 22 heavy (non-hydrogen) atoms. The van der Waals surface area contributed by atoms with Crippen LogP contribution in [0.3, 0.4) is 0 Å². The second kappa shape index (κ2) is 4.81. The molecule has 1 aromatic heterocycles. The number of rotatable bonds is 3. The summed E-state index contributed by atoms with van der Waals surface area (Å²) in [6.07, 6.45) is 5.02. The highest BCUT2D eigenvalue weighted by atomic mass is 32.1. The number of benzene rings is 1. The molecule has 4 nitrogen and oxygen atoms in total. The van der Waals surface area contributed by atoms with Gasteiger partial charge in [-0.25, -0.2) is 0 Å². The van der Waals surface area contributed by atoms with Gasteiger partial charge in [-0.05, 0) is 24.3 Å². The van der Waals surface area contributed by atoms with Crippen molar-refractivity contribution in [2.45, 2.75) is 18.9 Å². The minimum Gasteiger partial charge on any atom is -0.461 e. The molecular weight excluding hydrogens is 294 g/mol. The Hall–Kier alpha value is -1.88. The maximum atomic E-state index is 6.24. The Morgan fingerprint density at radius 1 is 1.14 bits per heavy atom. The minimum absolute atomic E-state index is 0.212. The average molecular weight is 311 g/mol. The van der Waals surface area contributed by atoms with Crippen LogP contribution in [0.2, 0.25) is 0 Å². The van der Waals surface area contributed by atoms with Gasteiger partial charge < -0.3 is 9.64 Å². The molecule has 0 N–H and O–H groups in total. The van der Waals surface area contributed by atoms with Crippen LogP contribution in [0.25, 0.3) is 10.6 Å². The van der Waals surface area contributed by atoms with Gasteiger partial charge in [-0.1, -0.05) is 46.8 Å². The number of ether oxygens (including phenoxy) is 1. The predicted molar refractivity (Wildman–Crippen MR) is 85.6 cm³/mol. The molecule has 0 amide bonds. The maximum absolute atomic E-state index is 6.24. The lowest BCUT2D eigenvalue weighted by molar-refractivity contribution is 0.0273. The van der Waals surface area contributed by atoms with Crippen molar-refractivity contribution in [3.8, 4) is 15.8 Å². The van der Waals surface area contributed by atoms with Crippen molar-refractivity contribution < 1.29 is 4.74 Å². The molecule has 4 aliphatic rings. The van der Waals surface area contributed by atoms with E-state index in [0.29, 0.717) is 11.1 Å². The third-order valence-corrected chi connectivity index (χ3v) is 5.78. The van der Waals surface area contributed by atoms with E-state index >= 15 is 0 Å². The molecule has 112 valence electrons. The van der Waals surface area contributed by atoms with Gasteiger partial charge in [0.25, 0.3) is 5.19 Å². The van der Waals surface area contributed by atoms with Gasteiger partial charge in [-0.3, -0.25) is 0 Å². The first-order valence-corrected chi connectivity index (χ1v) is 8.67. The standard InChI is InChI=1S/C17H17N3OS/c1-2-4-12(5-3-1)16-18-19-17(22-16)21-15-13-6-11-7-14(15)10-20(8-11)9-13/h1-5,9,11,14-15H,6-8,10H2/t11?,14?,15-/m0/s1. The van der Waals surface area contributed by atoms with E-state index in [1.165, 1.54) is 25.0 Å². The fourth-order valence-corrected chi connectivity index (χ4v) is 4.84. The van der Waals surface area contributed by atoms with Crippen LogP contribution < -0.4 is 4.74 Å². The third-order valence-electron chi connectivity index (χ3n) is 4.92. The Morgan fingerprint density at radius 3 is 2.86 bits per heavy atom. The highest BCUT2D eigenvalue weighted by Crippen LogP contribution is 2.44. The van der Waals surface area contributed by atoms with Crippen molar-refractivity contribution >= 4 is 11.3 Å². The topological polar surface area (TPSA) is 38.2 Å². The highest BCUT2D eigenvalue weighted by Gasteiger charge is 2.44. The molecule has 0 spiro atoms. The molecule has 5 heteroatoms. The summed E-state index contributed by atoms with van der Waals surface area (Å²) in [7, 11) is 0. The van der Waals surface area contributed by atoms with Crippen molar-refractivity contribution in [1.29, 1.82) is 0 Å². The molecule has 2 fully saturated rings. The number of piperidine rings is 1. The molecule has 2 aromatic rings. The SMILES string of the molecule is C1=C2CC3CC(CN1C3)[C@H]2Oc1nnc(-c2ccccc2)s1. The van der Waals surface area contributed by atoms with Crippen molar-refractivity contribution in [3.63, 3.8) is 0 Å². The molecule has 1 aliphatic carbocycles. The lowest BCUT2D eigenvalue weighted by Gasteiger charge is -2.50. The fourth-order valence-electron chi connectivity index (χ4n) is 4.11. The molecule has 1 aromatic carbocycles. The van der Waals surface area contributed by atoms with Crippen LogP contribution in [0.1, 0.15) is 12.8 Å². The van der Waals surface area contributed by atoms with E-state index in [2.05, 4.69) is 33.4 Å². The number of aromatic nitrogens is 2. The normalized spacial score (nSPS) is 28.8. The lowest BCUT2D eigenvalue weighted by Crippen LogP contribution is -2.53. The van der Waals surface area contributed by atoms with Crippen LogP contribution in [0.5, 0.6) is 5.19 Å². The molecule has 6 rings (SSSR count). The zero-order chi connectivity index (χ0) is 14.5. The smallest absolute Gasteiger partial charge is 0.294 e. The van der Waals surface area contributed by atoms with Crippen molar-refractivity contribution in [2.24, 2.45) is 11.8 Å². The van der Waals surface area contributed by atoms with Crippen LogP contribution in [0.4, 0.5) is 0 Å². The number of hydrogen-bond donors (Lipinski definition) is 0. The van der Waals surface area contributed by atoms with E-state index in [0.717, 1.165) is 23.0 Å². The molecule has 0 radical (unpaired) electrons. The van der Waals surface area contributed by atoms with Crippen LogP contribution in [0.15, 0.2) is 42.1 Å². The average Bonchev–Trinajstić information content (AvgIpc) is 3.00. The first kappa shape index (κ1) is 12.6.